The summed E-state index contributed by atoms with van der Waals surface area (Å²) in [4.78, 5) is 13.4. The van der Waals surface area contributed by atoms with Crippen molar-refractivity contribution in [1.29, 1.82) is 0 Å². The van der Waals surface area contributed by atoms with Crippen LogP contribution in [0, 0.1) is 0 Å². The second kappa shape index (κ2) is 3.65. The highest BCUT2D eigenvalue weighted by Crippen LogP contribution is 2.41. The lowest BCUT2D eigenvalue weighted by Gasteiger charge is -2.37. The van der Waals surface area contributed by atoms with Crippen molar-refractivity contribution < 1.29 is 15.0 Å². The molecule has 2 N–H and O–H groups in total. The minimum absolute atomic E-state index is 0.0251. The van der Waals surface area contributed by atoms with E-state index in [0.717, 1.165) is 55.6 Å². The molecule has 0 atom stereocenters. The molecule has 90 valence electrons. The fourth-order valence-electron chi connectivity index (χ4n) is 3.01. The Morgan fingerprint density at radius 1 is 1.24 bits per heavy atom. The van der Waals surface area contributed by atoms with E-state index >= 15 is 0 Å². The third-order valence-corrected chi connectivity index (χ3v) is 3.73. The molecule has 4 heteroatoms. The molecule has 0 radical (unpaired) electrons. The van der Waals surface area contributed by atoms with Crippen LogP contribution in [-0.2, 0) is 12.8 Å². The van der Waals surface area contributed by atoms with Gasteiger partial charge in [-0.3, -0.25) is 0 Å². The lowest BCUT2D eigenvalue weighted by molar-refractivity contribution is 0.0693. The Hall–Kier alpha value is -1.71. The number of hydrogen-bond donors (Lipinski definition) is 2. The minimum Gasteiger partial charge on any atom is -0.507 e. The highest BCUT2D eigenvalue weighted by atomic mass is 16.4. The van der Waals surface area contributed by atoms with Gasteiger partial charge in [-0.1, -0.05) is 0 Å². The number of aromatic carboxylic acids is 1. The first kappa shape index (κ1) is 10.4. The Morgan fingerprint density at radius 3 is 2.65 bits per heavy atom. The molecule has 4 nitrogen and oxygen atoms in total. The Balaban J connectivity index is 2.25. The molecule has 3 rings (SSSR count). The number of hydrogen-bond acceptors (Lipinski definition) is 3. The van der Waals surface area contributed by atoms with Crippen LogP contribution in [0.5, 0.6) is 5.75 Å². The largest absolute Gasteiger partial charge is 0.507 e. The molecule has 0 spiro atoms. The van der Waals surface area contributed by atoms with E-state index in [1.807, 2.05) is 0 Å². The molecule has 0 aliphatic carbocycles. The van der Waals surface area contributed by atoms with Crippen molar-refractivity contribution in [2.75, 3.05) is 18.0 Å². The lowest BCUT2D eigenvalue weighted by atomic mass is 9.89. The van der Waals surface area contributed by atoms with Gasteiger partial charge in [0, 0.05) is 24.3 Å². The smallest absolute Gasteiger partial charge is 0.339 e. The average Bonchev–Trinajstić information content (AvgIpc) is 2.33. The van der Waals surface area contributed by atoms with Crippen molar-refractivity contribution in [1.82, 2.24) is 0 Å². The predicted octanol–water partition coefficient (Wildman–Crippen LogP) is 1.79. The molecule has 2 aliphatic rings. The van der Waals surface area contributed by atoms with Gasteiger partial charge >= 0.3 is 5.97 Å². The van der Waals surface area contributed by atoms with Crippen LogP contribution in [0.15, 0.2) is 6.07 Å². The SMILES string of the molecule is O=C(O)c1cc2c3c(c1O)CCCN3CCC2. The van der Waals surface area contributed by atoms with Crippen LogP contribution in [0.1, 0.15) is 34.3 Å². The van der Waals surface area contributed by atoms with E-state index in [-0.39, 0.29) is 11.3 Å². The number of aryl methyl sites for hydroxylation is 1. The highest BCUT2D eigenvalue weighted by Gasteiger charge is 2.29. The molecular formula is C13H15NO3. The monoisotopic (exact) mass is 233 g/mol. The maximum atomic E-state index is 11.1. The number of nitrogens with zero attached hydrogens (tertiary/aromatic N) is 1. The van der Waals surface area contributed by atoms with Gasteiger partial charge in [0.2, 0.25) is 0 Å². The second-order valence-corrected chi connectivity index (χ2v) is 4.76. The van der Waals surface area contributed by atoms with E-state index in [4.69, 9.17) is 5.11 Å². The first-order chi connectivity index (χ1) is 8.18. The highest BCUT2D eigenvalue weighted by molar-refractivity contribution is 5.93. The van der Waals surface area contributed by atoms with E-state index < -0.39 is 5.97 Å². The molecule has 17 heavy (non-hydrogen) atoms. The number of phenols is 1. The number of rotatable bonds is 1. The molecule has 1 aromatic rings. The maximum absolute atomic E-state index is 11.1. The second-order valence-electron chi connectivity index (χ2n) is 4.76. The molecule has 0 saturated carbocycles. The predicted molar refractivity (Wildman–Crippen MR) is 63.9 cm³/mol. The van der Waals surface area contributed by atoms with Gasteiger partial charge in [-0.25, -0.2) is 4.79 Å². The summed E-state index contributed by atoms with van der Waals surface area (Å²) in [7, 11) is 0. The van der Waals surface area contributed by atoms with E-state index in [1.54, 1.807) is 6.07 Å². The number of carboxylic acid groups (broad SMARTS) is 1. The molecule has 0 unspecified atom stereocenters. The fraction of sp³-hybridized carbons (Fsp3) is 0.462. The molecule has 1 aromatic carbocycles. The van der Waals surface area contributed by atoms with Crippen molar-refractivity contribution >= 4 is 11.7 Å². The first-order valence-corrected chi connectivity index (χ1v) is 6.04. The average molecular weight is 233 g/mol. The Labute approximate surface area is 99.5 Å². The van der Waals surface area contributed by atoms with E-state index in [2.05, 4.69) is 4.90 Å². The maximum Gasteiger partial charge on any atom is 0.339 e. The molecule has 0 amide bonds. The standard InChI is InChI=1S/C13H15NO3/c15-12-9-4-2-6-14-5-1-3-8(11(9)14)7-10(12)13(16)17/h7,15H,1-6H2,(H,16,17). The van der Waals surface area contributed by atoms with Crippen LogP contribution in [0.25, 0.3) is 0 Å². The molecule has 0 saturated heterocycles. The molecule has 0 bridgehead atoms. The summed E-state index contributed by atoms with van der Waals surface area (Å²) in [5.41, 5.74) is 3.08. The van der Waals surface area contributed by atoms with Gasteiger partial charge in [-0.2, -0.15) is 0 Å². The van der Waals surface area contributed by atoms with Gasteiger partial charge in [0.25, 0.3) is 0 Å². The van der Waals surface area contributed by atoms with E-state index in [0.29, 0.717) is 0 Å². The van der Waals surface area contributed by atoms with E-state index in [9.17, 15) is 9.90 Å². The summed E-state index contributed by atoms with van der Waals surface area (Å²) in [6.45, 7) is 2.04. The molecule has 0 aromatic heterocycles. The third-order valence-electron chi connectivity index (χ3n) is 3.73. The number of carbonyl (C=O) groups is 1. The summed E-state index contributed by atoms with van der Waals surface area (Å²) in [5.74, 6) is -1.06. The van der Waals surface area contributed by atoms with Crippen LogP contribution >= 0.6 is 0 Å². The summed E-state index contributed by atoms with van der Waals surface area (Å²) in [6.07, 6.45) is 3.75. The molecule has 0 fully saturated rings. The zero-order valence-electron chi connectivity index (χ0n) is 9.57. The minimum atomic E-state index is -1.04. The number of carboxylic acids is 1. The van der Waals surface area contributed by atoms with Gasteiger partial charge < -0.3 is 15.1 Å². The normalized spacial score (nSPS) is 17.8. The zero-order chi connectivity index (χ0) is 12.0. The summed E-state index contributed by atoms with van der Waals surface area (Å²) in [5, 5.41) is 19.2. The van der Waals surface area contributed by atoms with Crippen LogP contribution in [0.3, 0.4) is 0 Å². The Morgan fingerprint density at radius 2 is 1.94 bits per heavy atom. The summed E-state index contributed by atoms with van der Waals surface area (Å²) >= 11 is 0. The molecule has 2 aliphatic heterocycles. The van der Waals surface area contributed by atoms with Gasteiger partial charge in [-0.15, -0.1) is 0 Å². The van der Waals surface area contributed by atoms with Crippen molar-refractivity contribution in [3.63, 3.8) is 0 Å². The topological polar surface area (TPSA) is 60.8 Å². The van der Waals surface area contributed by atoms with Crippen molar-refractivity contribution in [2.45, 2.75) is 25.7 Å². The number of benzene rings is 1. The first-order valence-electron chi connectivity index (χ1n) is 6.04. The molecule has 2 heterocycles. The van der Waals surface area contributed by atoms with Crippen LogP contribution in [0.4, 0.5) is 5.69 Å². The number of anilines is 1. The lowest BCUT2D eigenvalue weighted by Crippen LogP contribution is -2.34. The van der Waals surface area contributed by atoms with Crippen molar-refractivity contribution in [3.05, 3.63) is 22.8 Å². The Kier molecular flexibility index (Phi) is 2.24. The van der Waals surface area contributed by atoms with Gasteiger partial charge in [0.1, 0.15) is 11.3 Å². The zero-order valence-corrected chi connectivity index (χ0v) is 9.57. The van der Waals surface area contributed by atoms with Crippen molar-refractivity contribution in [2.24, 2.45) is 0 Å². The molecular weight excluding hydrogens is 218 g/mol. The third kappa shape index (κ3) is 1.47. The van der Waals surface area contributed by atoms with Crippen LogP contribution < -0.4 is 4.90 Å². The Bertz CT molecular complexity index is 494. The van der Waals surface area contributed by atoms with Gasteiger partial charge in [0.15, 0.2) is 0 Å². The van der Waals surface area contributed by atoms with Gasteiger partial charge in [-0.05, 0) is 37.3 Å². The summed E-state index contributed by atoms with van der Waals surface area (Å²) in [6, 6.07) is 1.65. The van der Waals surface area contributed by atoms with Crippen LogP contribution in [0.2, 0.25) is 0 Å². The van der Waals surface area contributed by atoms with E-state index in [1.165, 1.54) is 0 Å². The van der Waals surface area contributed by atoms with Crippen LogP contribution in [-0.4, -0.2) is 29.3 Å². The quantitative estimate of drug-likeness (QED) is 0.776. The van der Waals surface area contributed by atoms with Gasteiger partial charge in [0.05, 0.1) is 0 Å². The van der Waals surface area contributed by atoms with Crippen molar-refractivity contribution in [3.8, 4) is 5.75 Å². The summed E-state index contributed by atoms with van der Waals surface area (Å²) < 4.78 is 0. The number of aromatic hydroxyl groups is 1. The fourth-order valence-corrected chi connectivity index (χ4v) is 3.01.